The van der Waals surface area contributed by atoms with Crippen LogP contribution in [-0.2, 0) is 9.53 Å². The van der Waals surface area contributed by atoms with E-state index in [1.165, 1.54) is 17.2 Å². The highest BCUT2D eigenvalue weighted by Crippen LogP contribution is 2.03. The fraction of sp³-hybridized carbons (Fsp3) is 0.174. The molecule has 25 heavy (non-hydrogen) atoms. The molecule has 130 valence electrons. The van der Waals surface area contributed by atoms with Gasteiger partial charge in [0, 0.05) is 6.08 Å². The first-order chi connectivity index (χ1) is 12.3. The Hall–Kier alpha value is -2.87. The van der Waals surface area contributed by atoms with E-state index in [-0.39, 0.29) is 5.97 Å². The lowest BCUT2D eigenvalue weighted by atomic mass is 10.2. The van der Waals surface area contributed by atoms with Gasteiger partial charge in [-0.1, -0.05) is 105 Å². The number of benzene rings is 2. The molecule has 0 spiro atoms. The van der Waals surface area contributed by atoms with E-state index in [1.54, 1.807) is 0 Å². The zero-order chi connectivity index (χ0) is 18.2. The molecule has 0 N–H and O–H groups in total. The van der Waals surface area contributed by atoms with Gasteiger partial charge in [0.25, 0.3) is 0 Å². The van der Waals surface area contributed by atoms with Crippen molar-refractivity contribution in [3.05, 3.63) is 96.6 Å². The van der Waals surface area contributed by atoms with Crippen LogP contribution in [0.25, 0.3) is 12.2 Å². The van der Waals surface area contributed by atoms with Crippen LogP contribution >= 0.6 is 0 Å². The summed E-state index contributed by atoms with van der Waals surface area (Å²) in [7, 11) is 0. The molecule has 2 aromatic carbocycles. The summed E-state index contributed by atoms with van der Waals surface area (Å²) in [5, 5.41) is 0. The van der Waals surface area contributed by atoms with Crippen molar-refractivity contribution < 1.29 is 9.53 Å². The maximum absolute atomic E-state index is 10.3. The fourth-order valence-electron chi connectivity index (χ4n) is 1.84. The van der Waals surface area contributed by atoms with Crippen molar-refractivity contribution in [2.24, 2.45) is 0 Å². The number of hydrogen-bond acceptors (Lipinski definition) is 2. The van der Waals surface area contributed by atoms with Gasteiger partial charge in [0.15, 0.2) is 0 Å². The van der Waals surface area contributed by atoms with E-state index >= 15 is 0 Å². The molecule has 0 amide bonds. The van der Waals surface area contributed by atoms with E-state index in [1.807, 2.05) is 43.3 Å². The van der Waals surface area contributed by atoms with Gasteiger partial charge in [0.05, 0.1) is 6.61 Å². The van der Waals surface area contributed by atoms with E-state index in [2.05, 4.69) is 59.9 Å². The lowest BCUT2D eigenvalue weighted by molar-refractivity contribution is -0.137. The average Bonchev–Trinajstić information content (AvgIpc) is 2.67. The van der Waals surface area contributed by atoms with Crippen LogP contribution in [0, 0.1) is 0 Å². The Morgan fingerprint density at radius 2 is 1.40 bits per heavy atom. The van der Waals surface area contributed by atoms with E-state index in [0.29, 0.717) is 6.61 Å². The number of ether oxygens (including phenoxy) is 1. The summed E-state index contributed by atoms with van der Waals surface area (Å²) in [5.41, 5.74) is 2.44. The zero-order valence-corrected chi connectivity index (χ0v) is 14.8. The number of unbranched alkanes of at least 4 members (excludes halogenated alkanes) is 1. The van der Waals surface area contributed by atoms with Crippen LogP contribution in [0.5, 0.6) is 0 Å². The van der Waals surface area contributed by atoms with Crippen LogP contribution in [0.3, 0.4) is 0 Å². The van der Waals surface area contributed by atoms with Crippen molar-refractivity contribution in [3.63, 3.8) is 0 Å². The predicted octanol–water partition coefficient (Wildman–Crippen LogP) is 5.93. The Labute approximate surface area is 151 Å². The molecule has 0 saturated heterocycles. The Morgan fingerprint density at radius 3 is 1.80 bits per heavy atom. The molecule has 0 aromatic heterocycles. The van der Waals surface area contributed by atoms with Gasteiger partial charge in [-0.2, -0.15) is 0 Å². The molecule has 0 unspecified atom stereocenters. The average molecular weight is 334 g/mol. The summed E-state index contributed by atoms with van der Waals surface area (Å²) in [6.07, 6.45) is 11.5. The minimum Gasteiger partial charge on any atom is -0.463 e. The van der Waals surface area contributed by atoms with Crippen LogP contribution in [0.1, 0.15) is 30.9 Å². The highest BCUT2D eigenvalue weighted by atomic mass is 16.5. The number of rotatable bonds is 7. The molecular formula is C23H26O2. The molecule has 0 bridgehead atoms. The molecule has 0 heterocycles. The third-order valence-corrected chi connectivity index (χ3v) is 3.20. The predicted molar refractivity (Wildman–Crippen MR) is 107 cm³/mol. The van der Waals surface area contributed by atoms with Crippen LogP contribution in [-0.4, -0.2) is 12.6 Å². The first-order valence-corrected chi connectivity index (χ1v) is 8.50. The van der Waals surface area contributed by atoms with Crippen molar-refractivity contribution in [3.8, 4) is 0 Å². The minimum atomic E-state index is -0.330. The van der Waals surface area contributed by atoms with Gasteiger partial charge in [-0.05, 0) is 17.5 Å². The molecule has 0 radical (unpaired) electrons. The standard InChI is InChI=1S/C16H14.C7H12O2/c1-3-9-15(10-4-1)13-7-8-14-16-11-5-2-6-12-16;1-3-5-6-9-7(8)4-2/h1-14H;4H,2-3,5-6H2,1H3. The van der Waals surface area contributed by atoms with Gasteiger partial charge in [-0.15, -0.1) is 0 Å². The summed E-state index contributed by atoms with van der Waals surface area (Å²) in [6.45, 7) is 5.82. The quantitative estimate of drug-likeness (QED) is 0.271. The van der Waals surface area contributed by atoms with Gasteiger partial charge >= 0.3 is 5.97 Å². The Morgan fingerprint density at radius 1 is 0.920 bits per heavy atom. The van der Waals surface area contributed by atoms with Crippen LogP contribution in [0.4, 0.5) is 0 Å². The summed E-state index contributed by atoms with van der Waals surface area (Å²) >= 11 is 0. The summed E-state index contributed by atoms with van der Waals surface area (Å²) in [4.78, 5) is 10.3. The van der Waals surface area contributed by atoms with Gasteiger partial charge in [-0.3, -0.25) is 0 Å². The third kappa shape index (κ3) is 10.5. The van der Waals surface area contributed by atoms with Crippen LogP contribution in [0.2, 0.25) is 0 Å². The van der Waals surface area contributed by atoms with Crippen molar-refractivity contribution in [1.82, 2.24) is 0 Å². The molecule has 0 atom stereocenters. The first kappa shape index (κ1) is 20.2. The lowest BCUT2D eigenvalue weighted by Crippen LogP contribution is -2.00. The highest BCUT2D eigenvalue weighted by molar-refractivity contribution is 5.81. The van der Waals surface area contributed by atoms with E-state index < -0.39 is 0 Å². The summed E-state index contributed by atoms with van der Waals surface area (Å²) in [6, 6.07) is 20.6. The van der Waals surface area contributed by atoms with Crippen LogP contribution in [0.15, 0.2) is 85.5 Å². The Bertz CT molecular complexity index is 608. The van der Waals surface area contributed by atoms with E-state index in [0.717, 1.165) is 12.8 Å². The number of carbonyl (C=O) groups is 1. The number of allylic oxidation sites excluding steroid dienone is 2. The second kappa shape index (κ2) is 13.6. The molecule has 2 heteroatoms. The van der Waals surface area contributed by atoms with E-state index in [4.69, 9.17) is 0 Å². The molecule has 2 nitrogen and oxygen atoms in total. The number of esters is 1. The first-order valence-electron chi connectivity index (χ1n) is 8.50. The van der Waals surface area contributed by atoms with Crippen LogP contribution < -0.4 is 0 Å². The van der Waals surface area contributed by atoms with Crippen molar-refractivity contribution in [2.45, 2.75) is 19.8 Å². The minimum absolute atomic E-state index is 0.330. The second-order valence-electron chi connectivity index (χ2n) is 5.26. The largest absolute Gasteiger partial charge is 0.463 e. The smallest absolute Gasteiger partial charge is 0.330 e. The summed E-state index contributed by atoms with van der Waals surface area (Å²) < 4.78 is 4.67. The summed E-state index contributed by atoms with van der Waals surface area (Å²) in [5.74, 6) is -0.330. The Kier molecular flexibility index (Phi) is 10.9. The second-order valence-corrected chi connectivity index (χ2v) is 5.26. The van der Waals surface area contributed by atoms with Gasteiger partial charge in [0.2, 0.25) is 0 Å². The van der Waals surface area contributed by atoms with Crippen molar-refractivity contribution >= 4 is 18.1 Å². The van der Waals surface area contributed by atoms with Crippen molar-refractivity contribution in [2.75, 3.05) is 6.61 Å². The fourth-order valence-corrected chi connectivity index (χ4v) is 1.84. The molecule has 0 saturated carbocycles. The molecule has 0 aliphatic carbocycles. The third-order valence-electron chi connectivity index (χ3n) is 3.20. The van der Waals surface area contributed by atoms with Crippen molar-refractivity contribution in [1.29, 1.82) is 0 Å². The highest BCUT2D eigenvalue weighted by Gasteiger charge is 1.91. The topological polar surface area (TPSA) is 26.3 Å². The lowest BCUT2D eigenvalue weighted by Gasteiger charge is -1.97. The number of carbonyl (C=O) groups excluding carboxylic acids is 1. The molecule has 0 aliphatic heterocycles. The SMILES string of the molecule is C(C=Cc1ccccc1)=Cc1ccccc1.C=CC(=O)OCCCC. The zero-order valence-electron chi connectivity index (χ0n) is 14.8. The molecule has 0 fully saturated rings. The molecule has 2 rings (SSSR count). The molecule has 0 aliphatic rings. The van der Waals surface area contributed by atoms with Gasteiger partial charge < -0.3 is 4.74 Å². The normalized spacial score (nSPS) is 10.3. The number of hydrogen-bond donors (Lipinski definition) is 0. The van der Waals surface area contributed by atoms with E-state index in [9.17, 15) is 4.79 Å². The maximum atomic E-state index is 10.3. The maximum Gasteiger partial charge on any atom is 0.330 e. The Balaban J connectivity index is 0.000000299. The van der Waals surface area contributed by atoms with Gasteiger partial charge in [0.1, 0.15) is 0 Å². The monoisotopic (exact) mass is 334 g/mol. The molecular weight excluding hydrogens is 308 g/mol. The molecule has 2 aromatic rings. The van der Waals surface area contributed by atoms with Gasteiger partial charge in [-0.25, -0.2) is 4.79 Å².